The molecule has 0 saturated heterocycles. The summed E-state index contributed by atoms with van der Waals surface area (Å²) in [6.45, 7) is 0. The van der Waals surface area contributed by atoms with Gasteiger partial charge < -0.3 is 16.2 Å². The molecule has 2 aromatic rings. The predicted molar refractivity (Wildman–Crippen MR) is 72.9 cm³/mol. The molecule has 0 aliphatic carbocycles. The standard InChI is InChI=1S/C15H15FN2O/c16-11-5-3-4-10(8-11)13(17)9-14(18)12-6-1-2-7-15(12)19/h1-8,14,17,19H,9,18H2. The highest BCUT2D eigenvalue weighted by Gasteiger charge is 2.13. The Morgan fingerprint density at radius 1 is 1.21 bits per heavy atom. The molecule has 0 heterocycles. The average molecular weight is 258 g/mol. The number of aromatic hydroxyl groups is 1. The van der Waals surface area contributed by atoms with Crippen molar-refractivity contribution in [1.82, 2.24) is 0 Å². The lowest BCUT2D eigenvalue weighted by atomic mass is 9.97. The lowest BCUT2D eigenvalue weighted by Gasteiger charge is -2.14. The first kappa shape index (κ1) is 13.2. The van der Waals surface area contributed by atoms with Gasteiger partial charge in [0, 0.05) is 23.7 Å². The van der Waals surface area contributed by atoms with Gasteiger partial charge in [-0.1, -0.05) is 30.3 Å². The second-order valence-electron chi connectivity index (χ2n) is 4.36. The molecule has 0 aromatic heterocycles. The number of benzene rings is 2. The van der Waals surface area contributed by atoms with E-state index in [-0.39, 0.29) is 23.7 Å². The van der Waals surface area contributed by atoms with Crippen LogP contribution in [0.1, 0.15) is 23.6 Å². The molecule has 4 heteroatoms. The van der Waals surface area contributed by atoms with Crippen molar-refractivity contribution in [2.75, 3.05) is 0 Å². The minimum absolute atomic E-state index is 0.113. The third kappa shape index (κ3) is 3.17. The highest BCUT2D eigenvalue weighted by Crippen LogP contribution is 2.25. The van der Waals surface area contributed by atoms with Crippen LogP contribution in [-0.4, -0.2) is 10.8 Å². The monoisotopic (exact) mass is 258 g/mol. The fourth-order valence-corrected chi connectivity index (χ4v) is 1.92. The molecule has 98 valence electrons. The number of halogens is 1. The highest BCUT2D eigenvalue weighted by molar-refractivity contribution is 5.98. The molecular weight excluding hydrogens is 243 g/mol. The molecule has 0 aliphatic heterocycles. The van der Waals surface area contributed by atoms with Gasteiger partial charge in [-0.25, -0.2) is 4.39 Å². The number of phenols is 1. The van der Waals surface area contributed by atoms with Crippen LogP contribution in [0.25, 0.3) is 0 Å². The molecule has 0 radical (unpaired) electrons. The minimum Gasteiger partial charge on any atom is -0.508 e. The molecule has 0 spiro atoms. The van der Waals surface area contributed by atoms with Crippen LogP contribution in [0.4, 0.5) is 4.39 Å². The maximum absolute atomic E-state index is 13.1. The van der Waals surface area contributed by atoms with Crippen LogP contribution in [0.3, 0.4) is 0 Å². The van der Waals surface area contributed by atoms with Gasteiger partial charge in [0.15, 0.2) is 0 Å². The van der Waals surface area contributed by atoms with Crippen LogP contribution >= 0.6 is 0 Å². The molecule has 2 rings (SSSR count). The SMILES string of the molecule is N=C(CC(N)c1ccccc1O)c1cccc(F)c1. The van der Waals surface area contributed by atoms with Crippen LogP contribution in [0.5, 0.6) is 5.75 Å². The second kappa shape index (κ2) is 5.63. The number of nitrogens with two attached hydrogens (primary N) is 1. The van der Waals surface area contributed by atoms with Crippen LogP contribution in [-0.2, 0) is 0 Å². The number of rotatable bonds is 4. The minimum atomic E-state index is -0.489. The van der Waals surface area contributed by atoms with E-state index >= 15 is 0 Å². The zero-order valence-corrected chi connectivity index (χ0v) is 10.3. The van der Waals surface area contributed by atoms with Gasteiger partial charge >= 0.3 is 0 Å². The Kier molecular flexibility index (Phi) is 3.92. The maximum Gasteiger partial charge on any atom is 0.123 e. The summed E-state index contributed by atoms with van der Waals surface area (Å²) >= 11 is 0. The quantitative estimate of drug-likeness (QED) is 0.738. The molecular formula is C15H15FN2O. The normalized spacial score (nSPS) is 12.1. The summed E-state index contributed by atoms with van der Waals surface area (Å²) in [5.74, 6) is -0.263. The van der Waals surface area contributed by atoms with Crippen LogP contribution in [0, 0.1) is 11.2 Å². The topological polar surface area (TPSA) is 70.1 Å². The lowest BCUT2D eigenvalue weighted by Crippen LogP contribution is -2.15. The number of hydrogen-bond acceptors (Lipinski definition) is 3. The zero-order chi connectivity index (χ0) is 13.8. The zero-order valence-electron chi connectivity index (χ0n) is 10.3. The molecule has 4 N–H and O–H groups in total. The van der Waals surface area contributed by atoms with E-state index in [1.807, 2.05) is 0 Å². The molecule has 0 amide bonds. The Bertz CT molecular complexity index is 598. The molecule has 0 fully saturated rings. The van der Waals surface area contributed by atoms with Crippen LogP contribution in [0.15, 0.2) is 48.5 Å². The molecule has 0 saturated carbocycles. The van der Waals surface area contributed by atoms with E-state index in [2.05, 4.69) is 0 Å². The van der Waals surface area contributed by atoms with E-state index in [4.69, 9.17) is 11.1 Å². The maximum atomic E-state index is 13.1. The van der Waals surface area contributed by atoms with Crippen LogP contribution in [0.2, 0.25) is 0 Å². The average Bonchev–Trinajstić information content (AvgIpc) is 2.39. The predicted octanol–water partition coefficient (Wildman–Crippen LogP) is 2.99. The van der Waals surface area contributed by atoms with Crippen molar-refractivity contribution in [3.8, 4) is 5.75 Å². The number of hydrogen-bond donors (Lipinski definition) is 3. The molecule has 1 unspecified atom stereocenters. The first-order chi connectivity index (χ1) is 9.08. The smallest absolute Gasteiger partial charge is 0.123 e. The third-order valence-electron chi connectivity index (χ3n) is 2.93. The first-order valence-corrected chi connectivity index (χ1v) is 5.95. The summed E-state index contributed by atoms with van der Waals surface area (Å²) in [7, 11) is 0. The van der Waals surface area contributed by atoms with Gasteiger partial charge in [0.2, 0.25) is 0 Å². The third-order valence-corrected chi connectivity index (χ3v) is 2.93. The van der Waals surface area contributed by atoms with Crippen LogP contribution < -0.4 is 5.73 Å². The van der Waals surface area contributed by atoms with Gasteiger partial charge in [-0.05, 0) is 23.8 Å². The van der Waals surface area contributed by atoms with Crippen molar-refractivity contribution >= 4 is 5.71 Å². The van der Waals surface area contributed by atoms with Crippen molar-refractivity contribution in [2.24, 2.45) is 5.73 Å². The largest absolute Gasteiger partial charge is 0.508 e. The van der Waals surface area contributed by atoms with E-state index < -0.39 is 6.04 Å². The number of para-hydroxylation sites is 1. The fourth-order valence-electron chi connectivity index (χ4n) is 1.92. The van der Waals surface area contributed by atoms with Gasteiger partial charge in [0.1, 0.15) is 11.6 Å². The van der Waals surface area contributed by atoms with Crippen molar-refractivity contribution in [2.45, 2.75) is 12.5 Å². The second-order valence-corrected chi connectivity index (χ2v) is 4.36. The Morgan fingerprint density at radius 2 is 1.95 bits per heavy atom. The van der Waals surface area contributed by atoms with Gasteiger partial charge in [-0.2, -0.15) is 0 Å². The number of phenolic OH excluding ortho intramolecular Hbond substituents is 1. The molecule has 0 bridgehead atoms. The summed E-state index contributed by atoms with van der Waals surface area (Å²) in [4.78, 5) is 0. The summed E-state index contributed by atoms with van der Waals surface area (Å²) < 4.78 is 13.1. The van der Waals surface area contributed by atoms with Crippen molar-refractivity contribution in [1.29, 1.82) is 5.41 Å². The van der Waals surface area contributed by atoms with Gasteiger partial charge in [0.25, 0.3) is 0 Å². The van der Waals surface area contributed by atoms with Gasteiger partial charge in [-0.15, -0.1) is 0 Å². The summed E-state index contributed by atoms with van der Waals surface area (Å²) in [5, 5.41) is 17.6. The summed E-state index contributed by atoms with van der Waals surface area (Å²) in [5.41, 5.74) is 7.32. The fraction of sp³-hybridized carbons (Fsp3) is 0.133. The molecule has 3 nitrogen and oxygen atoms in total. The van der Waals surface area contributed by atoms with Crippen molar-refractivity contribution in [3.63, 3.8) is 0 Å². The Hall–Kier alpha value is -2.20. The van der Waals surface area contributed by atoms with Crippen molar-refractivity contribution < 1.29 is 9.50 Å². The van der Waals surface area contributed by atoms with E-state index in [1.165, 1.54) is 12.1 Å². The van der Waals surface area contributed by atoms with Crippen molar-refractivity contribution in [3.05, 3.63) is 65.5 Å². The lowest BCUT2D eigenvalue weighted by molar-refractivity contribution is 0.462. The molecule has 1 atom stereocenters. The number of nitrogens with one attached hydrogen (secondary N) is 1. The Morgan fingerprint density at radius 3 is 2.63 bits per heavy atom. The molecule has 2 aromatic carbocycles. The molecule has 0 aliphatic rings. The Labute approximate surface area is 111 Å². The Balaban J connectivity index is 2.13. The van der Waals surface area contributed by atoms with E-state index in [0.29, 0.717) is 11.1 Å². The molecule has 19 heavy (non-hydrogen) atoms. The summed E-state index contributed by atoms with van der Waals surface area (Å²) in [6, 6.07) is 12.1. The van der Waals surface area contributed by atoms with E-state index in [1.54, 1.807) is 36.4 Å². The van der Waals surface area contributed by atoms with Gasteiger partial charge in [0.05, 0.1) is 0 Å². The van der Waals surface area contributed by atoms with E-state index in [9.17, 15) is 9.50 Å². The van der Waals surface area contributed by atoms with E-state index in [0.717, 1.165) is 0 Å². The summed E-state index contributed by atoms with van der Waals surface area (Å²) in [6.07, 6.45) is 0.237. The highest BCUT2D eigenvalue weighted by atomic mass is 19.1. The van der Waals surface area contributed by atoms with Gasteiger partial charge in [-0.3, -0.25) is 0 Å². The first-order valence-electron chi connectivity index (χ1n) is 5.95.